The average molecular weight is 250 g/mol. The predicted octanol–water partition coefficient (Wildman–Crippen LogP) is 1.61. The maximum absolute atomic E-state index is 10.8. The first-order valence-corrected chi connectivity index (χ1v) is 6.50. The van der Waals surface area contributed by atoms with Crippen LogP contribution >= 0.6 is 11.6 Å². The summed E-state index contributed by atoms with van der Waals surface area (Å²) in [7, 11) is -0.843. The zero-order valence-electron chi connectivity index (χ0n) is 8.27. The summed E-state index contributed by atoms with van der Waals surface area (Å²) in [5, 5.41) is 9.26. The third-order valence-corrected chi connectivity index (χ3v) is 2.98. The number of carboxylic acids is 1. The van der Waals surface area contributed by atoms with Crippen LogP contribution in [-0.2, 0) is 17.3 Å². The normalized spacial score (nSPS) is 12.7. The van der Waals surface area contributed by atoms with Gasteiger partial charge < -0.3 is 9.67 Å². The van der Waals surface area contributed by atoms with Gasteiger partial charge in [-0.05, 0) is 12.5 Å². The summed E-state index contributed by atoms with van der Waals surface area (Å²) in [5.41, 5.74) is 0.168. The first-order chi connectivity index (χ1) is 7.00. The monoisotopic (exact) mass is 249 g/mol. The molecule has 0 bridgehead atoms. The van der Waals surface area contributed by atoms with Gasteiger partial charge in [-0.2, -0.15) is 0 Å². The fraction of sp³-hybridized carbons (Fsp3) is 0.444. The summed E-state index contributed by atoms with van der Waals surface area (Å²) in [6.45, 7) is 0.522. The summed E-state index contributed by atoms with van der Waals surface area (Å²) < 4.78 is 12.4. The second-order valence-corrected chi connectivity index (χ2v) is 5.16. The van der Waals surface area contributed by atoms with Gasteiger partial charge in [-0.15, -0.1) is 0 Å². The molecule has 0 spiro atoms. The standard InChI is InChI=1S/C9H12ClNO3S/c1-15(14)4-2-3-11-6-7(10)5-8(11)9(12)13/h5-6H,2-4H2,1H3,(H,12,13). The topological polar surface area (TPSA) is 59.3 Å². The van der Waals surface area contributed by atoms with Crippen LogP contribution in [-0.4, -0.2) is 31.9 Å². The van der Waals surface area contributed by atoms with Gasteiger partial charge in [0.2, 0.25) is 0 Å². The number of carboxylic acid groups (broad SMARTS) is 1. The van der Waals surface area contributed by atoms with E-state index in [1.165, 1.54) is 6.07 Å². The molecule has 0 saturated carbocycles. The van der Waals surface area contributed by atoms with Crippen LogP contribution in [0, 0.1) is 0 Å². The maximum Gasteiger partial charge on any atom is 0.352 e. The molecule has 15 heavy (non-hydrogen) atoms. The lowest BCUT2D eigenvalue weighted by Crippen LogP contribution is -2.09. The third kappa shape index (κ3) is 3.68. The molecule has 1 N–H and O–H groups in total. The van der Waals surface area contributed by atoms with Crippen molar-refractivity contribution >= 4 is 28.4 Å². The third-order valence-electron chi connectivity index (χ3n) is 1.91. The molecule has 6 heteroatoms. The fourth-order valence-electron chi connectivity index (χ4n) is 1.28. The molecule has 1 unspecified atom stereocenters. The molecule has 1 rings (SSSR count). The maximum atomic E-state index is 10.8. The van der Waals surface area contributed by atoms with Crippen molar-refractivity contribution in [2.75, 3.05) is 12.0 Å². The Hall–Kier alpha value is -0.810. The molecule has 0 saturated heterocycles. The van der Waals surface area contributed by atoms with Crippen LogP contribution in [0.2, 0.25) is 5.02 Å². The molecule has 1 heterocycles. The van der Waals surface area contributed by atoms with E-state index in [2.05, 4.69) is 0 Å². The number of aryl methyl sites for hydroxylation is 1. The second kappa shape index (κ2) is 5.32. The lowest BCUT2D eigenvalue weighted by molar-refractivity contribution is 0.0685. The Morgan fingerprint density at radius 2 is 2.33 bits per heavy atom. The number of carbonyl (C=O) groups is 1. The minimum atomic E-state index is -1.00. The van der Waals surface area contributed by atoms with Crippen LogP contribution in [0.3, 0.4) is 0 Å². The highest BCUT2D eigenvalue weighted by molar-refractivity contribution is 7.84. The summed E-state index contributed by atoms with van der Waals surface area (Å²) >= 11 is 5.71. The highest BCUT2D eigenvalue weighted by atomic mass is 35.5. The fourth-order valence-corrected chi connectivity index (χ4v) is 2.03. The molecule has 0 aliphatic heterocycles. The van der Waals surface area contributed by atoms with Gasteiger partial charge in [-0.3, -0.25) is 4.21 Å². The second-order valence-electron chi connectivity index (χ2n) is 3.17. The van der Waals surface area contributed by atoms with E-state index in [1.807, 2.05) is 0 Å². The van der Waals surface area contributed by atoms with Crippen molar-refractivity contribution < 1.29 is 14.1 Å². The largest absolute Gasteiger partial charge is 0.477 e. The Bertz CT molecular complexity index is 389. The molecule has 0 radical (unpaired) electrons. The van der Waals surface area contributed by atoms with Crippen LogP contribution in [0.15, 0.2) is 12.3 Å². The Kier molecular flexibility index (Phi) is 4.35. The molecule has 84 valence electrons. The highest BCUT2D eigenvalue weighted by Crippen LogP contribution is 2.14. The van der Waals surface area contributed by atoms with Gasteiger partial charge in [0.15, 0.2) is 0 Å². The zero-order chi connectivity index (χ0) is 11.4. The number of halogens is 1. The molecule has 0 aliphatic rings. The Labute approximate surface area is 95.3 Å². The lowest BCUT2D eigenvalue weighted by Gasteiger charge is -2.04. The molecule has 0 aliphatic carbocycles. The molecule has 0 fully saturated rings. The number of nitrogens with zero attached hydrogens (tertiary/aromatic N) is 1. The minimum absolute atomic E-state index is 0.168. The van der Waals surface area contributed by atoms with Crippen LogP contribution < -0.4 is 0 Å². The van der Waals surface area contributed by atoms with E-state index in [1.54, 1.807) is 17.0 Å². The van der Waals surface area contributed by atoms with E-state index >= 15 is 0 Å². The molecular weight excluding hydrogens is 238 g/mol. The van der Waals surface area contributed by atoms with Gasteiger partial charge in [0.25, 0.3) is 0 Å². The van der Waals surface area contributed by atoms with Crippen molar-refractivity contribution in [3.63, 3.8) is 0 Å². The van der Waals surface area contributed by atoms with Crippen molar-refractivity contribution in [2.45, 2.75) is 13.0 Å². The Balaban J connectivity index is 2.67. The van der Waals surface area contributed by atoms with Gasteiger partial charge in [0, 0.05) is 35.5 Å². The van der Waals surface area contributed by atoms with Gasteiger partial charge in [0.1, 0.15) is 5.69 Å². The van der Waals surface area contributed by atoms with Crippen molar-refractivity contribution in [1.29, 1.82) is 0 Å². The molecule has 1 atom stereocenters. The smallest absolute Gasteiger partial charge is 0.352 e. The average Bonchev–Trinajstić information content (AvgIpc) is 2.46. The summed E-state index contributed by atoms with van der Waals surface area (Å²) in [6, 6.07) is 1.41. The molecule has 4 nitrogen and oxygen atoms in total. The predicted molar refractivity (Wildman–Crippen MR) is 60.0 cm³/mol. The highest BCUT2D eigenvalue weighted by Gasteiger charge is 2.11. The Morgan fingerprint density at radius 3 is 2.87 bits per heavy atom. The number of rotatable bonds is 5. The Morgan fingerprint density at radius 1 is 1.67 bits per heavy atom. The van der Waals surface area contributed by atoms with Gasteiger partial charge >= 0.3 is 5.97 Å². The molecule has 1 aromatic heterocycles. The van der Waals surface area contributed by atoms with Gasteiger partial charge in [-0.1, -0.05) is 11.6 Å². The summed E-state index contributed by atoms with van der Waals surface area (Å²) in [4.78, 5) is 10.8. The van der Waals surface area contributed by atoms with Crippen LogP contribution in [0.4, 0.5) is 0 Å². The summed E-state index contributed by atoms with van der Waals surface area (Å²) in [6.07, 6.45) is 3.87. The molecule has 1 aromatic rings. The number of aromatic carboxylic acids is 1. The van der Waals surface area contributed by atoms with Crippen LogP contribution in [0.1, 0.15) is 16.9 Å². The SMILES string of the molecule is CS(=O)CCCn1cc(Cl)cc1C(=O)O. The van der Waals surface area contributed by atoms with Gasteiger partial charge in [0.05, 0.1) is 5.02 Å². The van der Waals surface area contributed by atoms with E-state index < -0.39 is 16.8 Å². The number of hydrogen-bond donors (Lipinski definition) is 1. The van der Waals surface area contributed by atoms with Crippen LogP contribution in [0.5, 0.6) is 0 Å². The molecule has 0 amide bonds. The van der Waals surface area contributed by atoms with Crippen LogP contribution in [0.25, 0.3) is 0 Å². The van der Waals surface area contributed by atoms with Gasteiger partial charge in [-0.25, -0.2) is 4.79 Å². The van der Waals surface area contributed by atoms with E-state index in [0.29, 0.717) is 23.7 Å². The van der Waals surface area contributed by atoms with Crippen molar-refractivity contribution in [3.8, 4) is 0 Å². The van der Waals surface area contributed by atoms with Crippen molar-refractivity contribution in [3.05, 3.63) is 23.0 Å². The molecule has 0 aromatic carbocycles. The van der Waals surface area contributed by atoms with Crippen molar-refractivity contribution in [1.82, 2.24) is 4.57 Å². The first kappa shape index (κ1) is 12.3. The number of aromatic nitrogens is 1. The van der Waals surface area contributed by atoms with E-state index in [0.717, 1.165) is 0 Å². The zero-order valence-corrected chi connectivity index (χ0v) is 9.85. The quantitative estimate of drug-likeness (QED) is 0.863. The van der Waals surface area contributed by atoms with Crippen molar-refractivity contribution in [2.24, 2.45) is 0 Å². The number of hydrogen-bond acceptors (Lipinski definition) is 2. The lowest BCUT2D eigenvalue weighted by atomic mass is 10.4. The van der Waals surface area contributed by atoms with E-state index in [-0.39, 0.29) is 5.69 Å². The molecular formula is C9H12ClNO3S. The summed E-state index contributed by atoms with van der Waals surface area (Å²) in [5.74, 6) is -0.436. The minimum Gasteiger partial charge on any atom is -0.477 e. The van der Waals surface area contributed by atoms with E-state index in [4.69, 9.17) is 16.7 Å². The first-order valence-electron chi connectivity index (χ1n) is 4.39. The van der Waals surface area contributed by atoms with E-state index in [9.17, 15) is 9.00 Å².